The van der Waals surface area contributed by atoms with E-state index in [2.05, 4.69) is 32.4 Å². The zero-order valence-corrected chi connectivity index (χ0v) is 15.6. The average Bonchev–Trinajstić information content (AvgIpc) is 3.18. The second-order valence-corrected chi connectivity index (χ2v) is 7.64. The van der Waals surface area contributed by atoms with Crippen LogP contribution in [-0.4, -0.2) is 34.1 Å². The summed E-state index contributed by atoms with van der Waals surface area (Å²) in [4.78, 5) is 27.4. The summed E-state index contributed by atoms with van der Waals surface area (Å²) in [5, 5.41) is 2.86. The van der Waals surface area contributed by atoms with E-state index in [1.54, 1.807) is 42.2 Å². The number of hydrogen-bond acceptors (Lipinski definition) is 6. The van der Waals surface area contributed by atoms with Crippen LogP contribution in [0.4, 0.5) is 5.82 Å². The van der Waals surface area contributed by atoms with Crippen LogP contribution in [-0.2, 0) is 16.0 Å². The van der Waals surface area contributed by atoms with E-state index in [4.69, 9.17) is 4.74 Å². The first-order valence-corrected chi connectivity index (χ1v) is 9.78. The van der Waals surface area contributed by atoms with Crippen LogP contribution >= 0.6 is 11.3 Å². The third-order valence-electron chi connectivity index (χ3n) is 4.53. The highest BCUT2D eigenvalue weighted by molar-refractivity contribution is 7.12. The first-order chi connectivity index (χ1) is 13.3. The lowest BCUT2D eigenvalue weighted by Crippen LogP contribution is -2.14. The minimum Gasteiger partial charge on any atom is -0.381 e. The molecule has 1 amide bonds. The molecule has 0 saturated carbocycles. The minimum atomic E-state index is -0.0601. The SMILES string of the molecule is O=C(Cc1ccc(C2CCOCC2)s1)Nc1ccc(-c2cnccn2)cn1. The van der Waals surface area contributed by atoms with Crippen molar-refractivity contribution in [1.29, 1.82) is 0 Å². The van der Waals surface area contributed by atoms with Gasteiger partial charge in [0.1, 0.15) is 5.82 Å². The fourth-order valence-corrected chi connectivity index (χ4v) is 4.28. The Morgan fingerprint density at radius 3 is 2.74 bits per heavy atom. The molecule has 0 aliphatic carbocycles. The predicted octanol–water partition coefficient (Wildman–Crippen LogP) is 3.68. The first-order valence-electron chi connectivity index (χ1n) is 8.96. The third kappa shape index (κ3) is 4.56. The van der Waals surface area contributed by atoms with Crippen LogP contribution in [0.5, 0.6) is 0 Å². The van der Waals surface area contributed by atoms with Crippen LogP contribution in [0.2, 0.25) is 0 Å². The van der Waals surface area contributed by atoms with Crippen molar-refractivity contribution in [2.24, 2.45) is 0 Å². The van der Waals surface area contributed by atoms with Crippen molar-refractivity contribution in [1.82, 2.24) is 15.0 Å². The van der Waals surface area contributed by atoms with Gasteiger partial charge in [0.2, 0.25) is 5.91 Å². The van der Waals surface area contributed by atoms with Crippen molar-refractivity contribution in [3.63, 3.8) is 0 Å². The normalized spacial score (nSPS) is 14.8. The molecule has 0 spiro atoms. The molecule has 1 aliphatic heterocycles. The number of pyridine rings is 1. The van der Waals surface area contributed by atoms with E-state index in [1.165, 1.54) is 4.88 Å². The third-order valence-corrected chi connectivity index (χ3v) is 5.78. The molecular formula is C20H20N4O2S. The number of nitrogens with zero attached hydrogens (tertiary/aromatic N) is 3. The van der Waals surface area contributed by atoms with Crippen molar-refractivity contribution in [3.8, 4) is 11.3 Å². The quantitative estimate of drug-likeness (QED) is 0.731. The summed E-state index contributed by atoms with van der Waals surface area (Å²) in [5.41, 5.74) is 1.61. The summed E-state index contributed by atoms with van der Waals surface area (Å²) in [6.07, 6.45) is 9.13. The predicted molar refractivity (Wildman–Crippen MR) is 105 cm³/mol. The zero-order valence-electron chi connectivity index (χ0n) is 14.8. The number of ether oxygens (including phenoxy) is 1. The number of hydrogen-bond donors (Lipinski definition) is 1. The monoisotopic (exact) mass is 380 g/mol. The Morgan fingerprint density at radius 1 is 1.11 bits per heavy atom. The van der Waals surface area contributed by atoms with Gasteiger partial charge in [0.25, 0.3) is 0 Å². The summed E-state index contributed by atoms with van der Waals surface area (Å²) in [5.74, 6) is 1.04. The van der Waals surface area contributed by atoms with Crippen molar-refractivity contribution in [2.75, 3.05) is 18.5 Å². The van der Waals surface area contributed by atoms with Crippen molar-refractivity contribution >= 4 is 23.1 Å². The molecule has 1 saturated heterocycles. The van der Waals surface area contributed by atoms with E-state index >= 15 is 0 Å². The summed E-state index contributed by atoms with van der Waals surface area (Å²) in [6.45, 7) is 1.66. The van der Waals surface area contributed by atoms with E-state index < -0.39 is 0 Å². The lowest BCUT2D eigenvalue weighted by Gasteiger charge is -2.20. The van der Waals surface area contributed by atoms with Gasteiger partial charge in [-0.25, -0.2) is 4.98 Å². The van der Waals surface area contributed by atoms with Crippen LogP contribution < -0.4 is 5.32 Å². The Labute approximate surface area is 161 Å². The standard InChI is InChI=1S/C20H20N4O2S/c25-20(11-16-2-3-18(27-16)14-5-9-26-10-6-14)24-19-4-1-15(12-23-19)17-13-21-7-8-22-17/h1-4,7-8,12-14H,5-6,9-11H2,(H,23,24,25). The molecule has 6 nitrogen and oxygen atoms in total. The number of nitrogens with one attached hydrogen (secondary N) is 1. The van der Waals surface area contributed by atoms with E-state index in [0.717, 1.165) is 42.2 Å². The number of aromatic nitrogens is 3. The number of anilines is 1. The summed E-state index contributed by atoms with van der Waals surface area (Å²) >= 11 is 1.73. The molecule has 27 heavy (non-hydrogen) atoms. The van der Waals surface area contributed by atoms with E-state index in [1.807, 2.05) is 6.07 Å². The molecule has 4 heterocycles. The highest BCUT2D eigenvalue weighted by Gasteiger charge is 2.18. The van der Waals surface area contributed by atoms with Crippen molar-refractivity contribution < 1.29 is 9.53 Å². The topological polar surface area (TPSA) is 77.0 Å². The number of amides is 1. The molecule has 3 aromatic heterocycles. The smallest absolute Gasteiger partial charge is 0.230 e. The zero-order chi connectivity index (χ0) is 18.5. The Kier molecular flexibility index (Phi) is 5.50. The lowest BCUT2D eigenvalue weighted by atomic mass is 9.99. The van der Waals surface area contributed by atoms with Gasteiger partial charge in [0, 0.05) is 47.1 Å². The van der Waals surface area contributed by atoms with Gasteiger partial charge in [-0.2, -0.15) is 0 Å². The number of carbonyl (C=O) groups is 1. The van der Waals surface area contributed by atoms with Crippen LogP contribution in [0.3, 0.4) is 0 Å². The van der Waals surface area contributed by atoms with Gasteiger partial charge in [0.05, 0.1) is 18.3 Å². The maximum atomic E-state index is 12.3. The number of thiophene rings is 1. The minimum absolute atomic E-state index is 0.0601. The van der Waals surface area contributed by atoms with E-state index in [9.17, 15) is 4.79 Å². The van der Waals surface area contributed by atoms with Gasteiger partial charge in [-0.1, -0.05) is 0 Å². The van der Waals surface area contributed by atoms with Crippen molar-refractivity contribution in [2.45, 2.75) is 25.2 Å². The molecule has 4 rings (SSSR count). The van der Waals surface area contributed by atoms with Crippen LogP contribution in [0, 0.1) is 0 Å². The van der Waals surface area contributed by atoms with E-state index in [-0.39, 0.29) is 5.91 Å². The molecule has 138 valence electrons. The largest absolute Gasteiger partial charge is 0.381 e. The molecule has 0 radical (unpaired) electrons. The Bertz CT molecular complexity index is 890. The molecule has 0 unspecified atom stereocenters. The Hall–Kier alpha value is -2.64. The highest BCUT2D eigenvalue weighted by Crippen LogP contribution is 2.32. The molecule has 0 bridgehead atoms. The van der Waals surface area contributed by atoms with Gasteiger partial charge < -0.3 is 10.1 Å². The molecule has 1 aliphatic rings. The second-order valence-electron chi connectivity index (χ2n) is 6.44. The van der Waals surface area contributed by atoms with Gasteiger partial charge in [-0.15, -0.1) is 11.3 Å². The molecule has 7 heteroatoms. The molecule has 1 N–H and O–H groups in total. The summed E-state index contributed by atoms with van der Waals surface area (Å²) < 4.78 is 5.42. The van der Waals surface area contributed by atoms with Crippen LogP contribution in [0.15, 0.2) is 49.1 Å². The van der Waals surface area contributed by atoms with Gasteiger partial charge >= 0.3 is 0 Å². The average molecular weight is 380 g/mol. The van der Waals surface area contributed by atoms with Gasteiger partial charge in [-0.05, 0) is 43.0 Å². The van der Waals surface area contributed by atoms with Crippen molar-refractivity contribution in [3.05, 3.63) is 58.8 Å². The molecule has 1 fully saturated rings. The molecular weight excluding hydrogens is 360 g/mol. The summed E-state index contributed by atoms with van der Waals surface area (Å²) in [7, 11) is 0. The van der Waals surface area contributed by atoms with Crippen LogP contribution in [0.25, 0.3) is 11.3 Å². The van der Waals surface area contributed by atoms with Gasteiger partial charge in [0.15, 0.2) is 0 Å². The fraction of sp³-hybridized carbons (Fsp3) is 0.300. The fourth-order valence-electron chi connectivity index (χ4n) is 3.10. The lowest BCUT2D eigenvalue weighted by molar-refractivity contribution is -0.115. The molecule has 0 aromatic carbocycles. The maximum Gasteiger partial charge on any atom is 0.230 e. The second kappa shape index (κ2) is 8.37. The number of carbonyl (C=O) groups excluding carboxylic acids is 1. The Morgan fingerprint density at radius 2 is 2.00 bits per heavy atom. The Balaban J connectivity index is 1.35. The number of rotatable bonds is 5. The molecule has 0 atom stereocenters. The maximum absolute atomic E-state index is 12.3. The molecule has 3 aromatic rings. The first kappa shape index (κ1) is 17.8. The summed E-state index contributed by atoms with van der Waals surface area (Å²) in [6, 6.07) is 7.86. The van der Waals surface area contributed by atoms with Crippen LogP contribution in [0.1, 0.15) is 28.5 Å². The van der Waals surface area contributed by atoms with Gasteiger partial charge in [-0.3, -0.25) is 14.8 Å². The van der Waals surface area contributed by atoms with E-state index in [0.29, 0.717) is 18.2 Å². The highest BCUT2D eigenvalue weighted by atomic mass is 32.1.